The molecule has 0 unspecified atom stereocenters. The van der Waals surface area contributed by atoms with Gasteiger partial charge in [-0.1, -0.05) is 22.9 Å². The first kappa shape index (κ1) is 15.8. The number of nitrogens with one attached hydrogen (secondary N) is 1. The van der Waals surface area contributed by atoms with E-state index >= 15 is 0 Å². The Balaban J connectivity index is 1.80. The highest BCUT2D eigenvalue weighted by atomic mass is 32.2. The van der Waals surface area contributed by atoms with E-state index in [1.807, 2.05) is 31.2 Å². The number of aromatic nitrogens is 2. The molecule has 21 heavy (non-hydrogen) atoms. The van der Waals surface area contributed by atoms with Gasteiger partial charge >= 0.3 is 6.18 Å². The fourth-order valence-electron chi connectivity index (χ4n) is 1.58. The van der Waals surface area contributed by atoms with Gasteiger partial charge in [-0.2, -0.15) is 18.2 Å². The van der Waals surface area contributed by atoms with Gasteiger partial charge in [0.1, 0.15) is 0 Å². The van der Waals surface area contributed by atoms with Crippen LogP contribution in [0.4, 0.5) is 13.2 Å². The molecule has 114 valence electrons. The number of hydrogen-bond donors (Lipinski definition) is 1. The Labute approximate surface area is 124 Å². The standard InChI is InChI=1S/C13H14F3N3OS/c1-9-3-2-4-10(5-9)21-7-11-18-12(20-19-11)6-17-8-13(14,15)16/h2-5,17H,6-8H2,1H3. The van der Waals surface area contributed by atoms with Gasteiger partial charge in [-0.05, 0) is 19.1 Å². The molecule has 0 atom stereocenters. The van der Waals surface area contributed by atoms with E-state index in [9.17, 15) is 13.2 Å². The molecule has 0 saturated carbocycles. The number of benzene rings is 1. The summed E-state index contributed by atoms with van der Waals surface area (Å²) in [5.74, 6) is 1.12. The number of nitrogens with zero attached hydrogens (tertiary/aromatic N) is 2. The third-order valence-corrected chi connectivity index (χ3v) is 3.46. The van der Waals surface area contributed by atoms with Crippen molar-refractivity contribution in [1.29, 1.82) is 0 Å². The molecule has 0 aliphatic rings. The van der Waals surface area contributed by atoms with Crippen molar-refractivity contribution >= 4 is 11.8 Å². The predicted molar refractivity (Wildman–Crippen MR) is 72.8 cm³/mol. The Morgan fingerprint density at radius 1 is 1.33 bits per heavy atom. The van der Waals surface area contributed by atoms with Crippen molar-refractivity contribution < 1.29 is 17.7 Å². The number of alkyl halides is 3. The summed E-state index contributed by atoms with van der Waals surface area (Å²) in [7, 11) is 0. The van der Waals surface area contributed by atoms with E-state index in [4.69, 9.17) is 4.52 Å². The second-order valence-corrected chi connectivity index (χ2v) is 5.48. The lowest BCUT2D eigenvalue weighted by atomic mass is 10.2. The van der Waals surface area contributed by atoms with Crippen LogP contribution in [0, 0.1) is 6.92 Å². The molecule has 1 aromatic carbocycles. The summed E-state index contributed by atoms with van der Waals surface area (Å²) in [6, 6.07) is 7.98. The monoisotopic (exact) mass is 317 g/mol. The minimum atomic E-state index is -4.25. The zero-order chi connectivity index (χ0) is 15.3. The predicted octanol–water partition coefficient (Wildman–Crippen LogP) is 3.32. The SMILES string of the molecule is Cc1cccc(SCc2noc(CNCC(F)(F)F)n2)c1. The first-order valence-corrected chi connectivity index (χ1v) is 7.19. The van der Waals surface area contributed by atoms with Crippen LogP contribution in [0.5, 0.6) is 0 Å². The number of halogens is 3. The summed E-state index contributed by atoms with van der Waals surface area (Å²) in [6.07, 6.45) is -4.25. The zero-order valence-corrected chi connectivity index (χ0v) is 12.1. The van der Waals surface area contributed by atoms with Gasteiger partial charge in [-0.25, -0.2) is 0 Å². The van der Waals surface area contributed by atoms with Crippen molar-refractivity contribution in [3.63, 3.8) is 0 Å². The Kier molecular flexibility index (Phi) is 5.24. The van der Waals surface area contributed by atoms with Crippen molar-refractivity contribution in [2.75, 3.05) is 6.54 Å². The number of thioether (sulfide) groups is 1. The van der Waals surface area contributed by atoms with E-state index in [0.717, 1.165) is 10.5 Å². The van der Waals surface area contributed by atoms with Crippen molar-refractivity contribution in [3.8, 4) is 0 Å². The molecule has 0 fully saturated rings. The van der Waals surface area contributed by atoms with Gasteiger partial charge in [0.15, 0.2) is 5.82 Å². The van der Waals surface area contributed by atoms with Crippen molar-refractivity contribution in [2.45, 2.75) is 30.3 Å². The van der Waals surface area contributed by atoms with Crippen molar-refractivity contribution in [1.82, 2.24) is 15.5 Å². The fourth-order valence-corrected chi connectivity index (χ4v) is 2.44. The Morgan fingerprint density at radius 3 is 2.86 bits per heavy atom. The van der Waals surface area contributed by atoms with Crippen molar-refractivity contribution in [2.24, 2.45) is 0 Å². The largest absolute Gasteiger partial charge is 0.401 e. The normalized spacial score (nSPS) is 11.8. The average Bonchev–Trinajstić information content (AvgIpc) is 2.83. The van der Waals surface area contributed by atoms with Crippen LogP contribution in [0.1, 0.15) is 17.3 Å². The Morgan fingerprint density at radius 2 is 2.14 bits per heavy atom. The molecule has 0 saturated heterocycles. The van der Waals surface area contributed by atoms with Crippen LogP contribution >= 0.6 is 11.8 Å². The highest BCUT2D eigenvalue weighted by Gasteiger charge is 2.26. The molecular weight excluding hydrogens is 303 g/mol. The third-order valence-electron chi connectivity index (χ3n) is 2.47. The molecule has 0 bridgehead atoms. The maximum Gasteiger partial charge on any atom is 0.401 e. The molecule has 0 spiro atoms. The molecular formula is C13H14F3N3OS. The quantitative estimate of drug-likeness (QED) is 0.828. The zero-order valence-electron chi connectivity index (χ0n) is 11.3. The topological polar surface area (TPSA) is 51.0 Å². The van der Waals surface area contributed by atoms with E-state index < -0.39 is 12.7 Å². The van der Waals surface area contributed by atoms with Gasteiger partial charge in [0.2, 0.25) is 5.89 Å². The van der Waals surface area contributed by atoms with Crippen LogP contribution in [0.3, 0.4) is 0 Å². The second kappa shape index (κ2) is 6.95. The molecule has 0 aliphatic heterocycles. The number of hydrogen-bond acceptors (Lipinski definition) is 5. The van der Waals surface area contributed by atoms with Gasteiger partial charge in [-0.15, -0.1) is 11.8 Å². The van der Waals surface area contributed by atoms with E-state index in [-0.39, 0.29) is 12.4 Å². The number of rotatable bonds is 6. The van der Waals surface area contributed by atoms with E-state index in [1.54, 1.807) is 11.8 Å². The van der Waals surface area contributed by atoms with Crippen molar-refractivity contribution in [3.05, 3.63) is 41.5 Å². The van der Waals surface area contributed by atoms with Crippen LogP contribution in [0.25, 0.3) is 0 Å². The molecule has 2 aromatic rings. The summed E-state index contributed by atoms with van der Waals surface area (Å²) < 4.78 is 40.8. The van der Waals surface area contributed by atoms with Crippen LogP contribution in [0.15, 0.2) is 33.7 Å². The first-order valence-electron chi connectivity index (χ1n) is 6.21. The average molecular weight is 317 g/mol. The minimum Gasteiger partial charge on any atom is -0.338 e. The summed E-state index contributed by atoms with van der Waals surface area (Å²) in [5, 5.41) is 5.95. The lowest BCUT2D eigenvalue weighted by Gasteiger charge is -2.05. The van der Waals surface area contributed by atoms with Crippen LogP contribution in [-0.2, 0) is 12.3 Å². The summed E-state index contributed by atoms with van der Waals surface area (Å²) in [4.78, 5) is 5.12. The lowest BCUT2D eigenvalue weighted by Crippen LogP contribution is -2.28. The molecule has 0 radical (unpaired) electrons. The second-order valence-electron chi connectivity index (χ2n) is 4.43. The molecule has 2 rings (SSSR count). The maximum absolute atomic E-state index is 12.0. The molecule has 8 heteroatoms. The van der Waals surface area contributed by atoms with Crippen LogP contribution in [0.2, 0.25) is 0 Å². The summed E-state index contributed by atoms with van der Waals surface area (Å²) in [6.45, 7) is 0.827. The fraction of sp³-hybridized carbons (Fsp3) is 0.385. The van der Waals surface area contributed by atoms with Gasteiger partial charge < -0.3 is 9.84 Å². The summed E-state index contributed by atoms with van der Waals surface area (Å²) >= 11 is 1.54. The lowest BCUT2D eigenvalue weighted by molar-refractivity contribution is -0.125. The van der Waals surface area contributed by atoms with Gasteiger partial charge in [0.25, 0.3) is 0 Å². The van der Waals surface area contributed by atoms with Crippen LogP contribution < -0.4 is 5.32 Å². The van der Waals surface area contributed by atoms with Gasteiger partial charge in [-0.3, -0.25) is 0 Å². The van der Waals surface area contributed by atoms with Gasteiger partial charge in [0.05, 0.1) is 18.8 Å². The highest BCUT2D eigenvalue weighted by molar-refractivity contribution is 7.98. The molecule has 1 aromatic heterocycles. The first-order chi connectivity index (χ1) is 9.92. The van der Waals surface area contributed by atoms with E-state index in [2.05, 4.69) is 15.5 Å². The molecule has 1 N–H and O–H groups in total. The Bertz CT molecular complexity index is 586. The van der Waals surface area contributed by atoms with Crippen LogP contribution in [-0.4, -0.2) is 22.9 Å². The minimum absolute atomic E-state index is 0.0956. The van der Waals surface area contributed by atoms with E-state index in [1.165, 1.54) is 0 Å². The molecule has 1 heterocycles. The number of aryl methyl sites for hydroxylation is 1. The molecule has 0 amide bonds. The van der Waals surface area contributed by atoms with E-state index in [0.29, 0.717) is 11.6 Å². The Hall–Kier alpha value is -1.54. The summed E-state index contributed by atoms with van der Waals surface area (Å²) in [5.41, 5.74) is 1.16. The maximum atomic E-state index is 12.0. The van der Waals surface area contributed by atoms with Gasteiger partial charge in [0, 0.05) is 4.90 Å². The molecule has 0 aliphatic carbocycles. The highest BCUT2D eigenvalue weighted by Crippen LogP contribution is 2.22. The third kappa shape index (κ3) is 5.76. The smallest absolute Gasteiger partial charge is 0.338 e. The molecule has 4 nitrogen and oxygen atoms in total.